The largest absolute Gasteiger partial charge is 0.437 e. The summed E-state index contributed by atoms with van der Waals surface area (Å²) in [5.41, 5.74) is 3.48. The van der Waals surface area contributed by atoms with Crippen molar-refractivity contribution in [3.63, 3.8) is 0 Å². The molecule has 0 radical (unpaired) electrons. The SMILES string of the molecule is C[Si](C)(C)O[Si](C)(C)O[Si](C)(C)C=Cc1ccccc1. The minimum absolute atomic E-state index is 1.22. The Kier molecular flexibility index (Phi) is 5.74. The molecule has 0 saturated carbocycles. The molecule has 0 saturated heterocycles. The zero-order valence-corrected chi connectivity index (χ0v) is 16.9. The molecule has 0 N–H and O–H groups in total. The van der Waals surface area contributed by atoms with Gasteiger partial charge in [-0.05, 0) is 51.4 Å². The van der Waals surface area contributed by atoms with Gasteiger partial charge in [-0.15, -0.1) is 0 Å². The van der Waals surface area contributed by atoms with E-state index in [9.17, 15) is 0 Å². The molecule has 5 heteroatoms. The van der Waals surface area contributed by atoms with Gasteiger partial charge in [0.2, 0.25) is 8.32 Å². The molecule has 0 fully saturated rings. The first-order chi connectivity index (χ1) is 8.99. The highest BCUT2D eigenvalue weighted by Crippen LogP contribution is 2.21. The second-order valence-electron chi connectivity index (χ2n) is 7.06. The van der Waals surface area contributed by atoms with Gasteiger partial charge in [-0.25, -0.2) is 0 Å². The third-order valence-electron chi connectivity index (χ3n) is 2.54. The van der Waals surface area contributed by atoms with Gasteiger partial charge < -0.3 is 8.23 Å². The maximum atomic E-state index is 6.43. The first-order valence-electron chi connectivity index (χ1n) is 7.14. The summed E-state index contributed by atoms with van der Waals surface area (Å²) in [6.45, 7) is 15.5. The molecular formula is C15H28O2Si3. The van der Waals surface area contributed by atoms with Gasteiger partial charge in [-0.2, -0.15) is 0 Å². The van der Waals surface area contributed by atoms with E-state index in [0.29, 0.717) is 0 Å². The van der Waals surface area contributed by atoms with Gasteiger partial charge in [0.1, 0.15) is 0 Å². The maximum Gasteiger partial charge on any atom is 0.311 e. The van der Waals surface area contributed by atoms with Gasteiger partial charge in [-0.1, -0.05) is 42.1 Å². The molecule has 0 amide bonds. The van der Waals surface area contributed by atoms with Gasteiger partial charge in [0, 0.05) is 0 Å². The summed E-state index contributed by atoms with van der Waals surface area (Å²) in [4.78, 5) is 0. The predicted molar refractivity (Wildman–Crippen MR) is 96.0 cm³/mol. The average Bonchev–Trinajstić information content (AvgIpc) is 2.23. The zero-order chi connectivity index (χ0) is 15.4. The van der Waals surface area contributed by atoms with Crippen LogP contribution in [0.2, 0.25) is 45.8 Å². The molecule has 0 aliphatic heterocycles. The van der Waals surface area contributed by atoms with Gasteiger partial charge >= 0.3 is 8.56 Å². The van der Waals surface area contributed by atoms with E-state index in [-0.39, 0.29) is 0 Å². The predicted octanol–water partition coefficient (Wildman–Crippen LogP) is 5.01. The van der Waals surface area contributed by atoms with Crippen LogP contribution in [-0.4, -0.2) is 25.2 Å². The Morgan fingerprint density at radius 1 is 0.800 bits per heavy atom. The summed E-state index contributed by atoms with van der Waals surface area (Å²) in [6.07, 6.45) is 2.17. The molecule has 0 aliphatic carbocycles. The van der Waals surface area contributed by atoms with E-state index in [1.165, 1.54) is 5.56 Å². The summed E-state index contributed by atoms with van der Waals surface area (Å²) in [7, 11) is -5.43. The highest BCUT2D eigenvalue weighted by molar-refractivity contribution is 6.89. The summed E-state index contributed by atoms with van der Waals surface area (Å²) in [5, 5.41) is 0. The molecule has 0 aliphatic rings. The van der Waals surface area contributed by atoms with Crippen molar-refractivity contribution in [1.29, 1.82) is 0 Å². The summed E-state index contributed by atoms with van der Waals surface area (Å²) in [6, 6.07) is 10.4. The molecule has 2 nitrogen and oxygen atoms in total. The smallest absolute Gasteiger partial charge is 0.311 e. The van der Waals surface area contributed by atoms with Crippen LogP contribution in [0.3, 0.4) is 0 Å². The molecule has 0 atom stereocenters. The Bertz CT molecular complexity index is 448. The molecule has 112 valence electrons. The highest BCUT2D eigenvalue weighted by atomic mass is 28.5. The molecule has 0 unspecified atom stereocenters. The van der Waals surface area contributed by atoms with E-state index >= 15 is 0 Å². The third-order valence-corrected chi connectivity index (χ3v) is 12.0. The van der Waals surface area contributed by atoms with Crippen LogP contribution in [0.5, 0.6) is 0 Å². The lowest BCUT2D eigenvalue weighted by atomic mass is 10.2. The van der Waals surface area contributed by atoms with Gasteiger partial charge in [-0.3, -0.25) is 0 Å². The van der Waals surface area contributed by atoms with E-state index in [4.69, 9.17) is 8.23 Å². The van der Waals surface area contributed by atoms with Crippen molar-refractivity contribution in [3.05, 3.63) is 41.6 Å². The lowest BCUT2D eigenvalue weighted by Gasteiger charge is -2.36. The van der Waals surface area contributed by atoms with Crippen molar-refractivity contribution in [3.8, 4) is 0 Å². The first kappa shape index (κ1) is 17.6. The first-order valence-corrected chi connectivity index (χ1v) is 16.3. The maximum absolute atomic E-state index is 6.43. The number of hydrogen-bond donors (Lipinski definition) is 0. The van der Waals surface area contributed by atoms with E-state index in [1.807, 2.05) is 6.07 Å². The second-order valence-corrected chi connectivity index (χ2v) is 19.3. The summed E-state index contributed by atoms with van der Waals surface area (Å²) < 4.78 is 12.7. The molecule has 0 bridgehead atoms. The van der Waals surface area contributed by atoms with Gasteiger partial charge in [0.15, 0.2) is 8.32 Å². The van der Waals surface area contributed by atoms with Crippen molar-refractivity contribution in [2.24, 2.45) is 0 Å². The van der Waals surface area contributed by atoms with Crippen molar-refractivity contribution >= 4 is 31.3 Å². The van der Waals surface area contributed by atoms with Crippen LogP contribution in [0, 0.1) is 0 Å². The minimum Gasteiger partial charge on any atom is -0.437 e. The van der Waals surface area contributed by atoms with Gasteiger partial charge in [0.25, 0.3) is 0 Å². The topological polar surface area (TPSA) is 18.5 Å². The van der Waals surface area contributed by atoms with Crippen LogP contribution in [0.1, 0.15) is 5.56 Å². The molecule has 1 aromatic carbocycles. The van der Waals surface area contributed by atoms with Crippen molar-refractivity contribution < 1.29 is 8.23 Å². The van der Waals surface area contributed by atoms with Crippen LogP contribution in [-0.2, 0) is 8.23 Å². The number of rotatable bonds is 6. The standard InChI is InChI=1S/C15H28O2Si3/c1-18(2,3)16-20(6,7)17-19(4,5)14-13-15-11-9-8-10-12-15/h8-14H,1-7H3. The molecule has 0 aromatic heterocycles. The molecule has 1 aromatic rings. The fourth-order valence-corrected chi connectivity index (χ4v) is 14.7. The van der Waals surface area contributed by atoms with Crippen LogP contribution >= 0.6 is 0 Å². The normalized spacial score (nSPS) is 13.9. The van der Waals surface area contributed by atoms with Crippen molar-refractivity contribution in [2.45, 2.75) is 45.8 Å². The lowest BCUT2D eigenvalue weighted by molar-refractivity contribution is 0.398. The molecule has 0 spiro atoms. The zero-order valence-electron chi connectivity index (χ0n) is 13.9. The summed E-state index contributed by atoms with van der Waals surface area (Å²) >= 11 is 0. The van der Waals surface area contributed by atoms with E-state index in [1.54, 1.807) is 0 Å². The van der Waals surface area contributed by atoms with Crippen LogP contribution in [0.15, 0.2) is 36.0 Å². The van der Waals surface area contributed by atoms with Crippen LogP contribution < -0.4 is 0 Å². The Labute approximate surface area is 127 Å². The lowest BCUT2D eigenvalue weighted by Crippen LogP contribution is -2.50. The monoisotopic (exact) mass is 324 g/mol. The Hall–Kier alpha value is -0.469. The van der Waals surface area contributed by atoms with E-state index in [2.05, 4.69) is 81.9 Å². The molecule has 20 heavy (non-hydrogen) atoms. The van der Waals surface area contributed by atoms with Gasteiger partial charge in [0.05, 0.1) is 0 Å². The summed E-state index contributed by atoms with van der Waals surface area (Å²) in [5.74, 6) is 0. The Morgan fingerprint density at radius 3 is 1.85 bits per heavy atom. The highest BCUT2D eigenvalue weighted by Gasteiger charge is 2.36. The third kappa shape index (κ3) is 7.35. The van der Waals surface area contributed by atoms with Crippen molar-refractivity contribution in [1.82, 2.24) is 0 Å². The van der Waals surface area contributed by atoms with E-state index in [0.717, 1.165) is 0 Å². The minimum atomic E-state index is -2.04. The molecule has 1 rings (SSSR count). The van der Waals surface area contributed by atoms with Crippen molar-refractivity contribution in [2.75, 3.05) is 0 Å². The fourth-order valence-electron chi connectivity index (χ4n) is 2.29. The quantitative estimate of drug-likeness (QED) is 0.684. The number of hydrogen-bond acceptors (Lipinski definition) is 2. The Morgan fingerprint density at radius 2 is 1.35 bits per heavy atom. The number of benzene rings is 1. The average molecular weight is 325 g/mol. The Balaban J connectivity index is 2.72. The van der Waals surface area contributed by atoms with E-state index < -0.39 is 25.2 Å². The molecular weight excluding hydrogens is 296 g/mol. The second kappa shape index (κ2) is 6.53. The fraction of sp³-hybridized carbons (Fsp3) is 0.467. The van der Waals surface area contributed by atoms with Crippen LogP contribution in [0.4, 0.5) is 0 Å². The molecule has 0 heterocycles. The van der Waals surface area contributed by atoms with Crippen LogP contribution in [0.25, 0.3) is 6.08 Å².